The Balaban J connectivity index is 1.47. The molecular weight excluding hydrogens is 318 g/mol. The monoisotopic (exact) mass is 341 g/mol. The first-order chi connectivity index (χ1) is 12.2. The smallest absolute Gasteiger partial charge is 0.260 e. The number of likely N-dealkylation sites (tertiary alicyclic amines) is 1. The van der Waals surface area contributed by atoms with Gasteiger partial charge in [-0.15, -0.1) is 0 Å². The van der Waals surface area contributed by atoms with Crippen molar-refractivity contribution < 1.29 is 19.4 Å². The number of nitrogens with zero attached hydrogens (tertiary/aromatic N) is 1. The van der Waals surface area contributed by atoms with Crippen LogP contribution in [0.15, 0.2) is 48.5 Å². The number of piperidine rings is 1. The largest absolute Gasteiger partial charge is 0.508 e. The van der Waals surface area contributed by atoms with Crippen molar-refractivity contribution >= 4 is 5.91 Å². The highest BCUT2D eigenvalue weighted by Crippen LogP contribution is 2.29. The second-order valence-electron chi connectivity index (χ2n) is 6.21. The minimum atomic E-state index is 0.0139. The lowest BCUT2D eigenvalue weighted by Crippen LogP contribution is -2.40. The Labute approximate surface area is 147 Å². The van der Waals surface area contributed by atoms with Crippen LogP contribution in [0.25, 0.3) is 0 Å². The van der Waals surface area contributed by atoms with Gasteiger partial charge in [0, 0.05) is 13.1 Å². The topological polar surface area (TPSA) is 59.0 Å². The van der Waals surface area contributed by atoms with Crippen LogP contribution in [-0.4, -0.2) is 42.7 Å². The van der Waals surface area contributed by atoms with E-state index in [-0.39, 0.29) is 18.3 Å². The Kier molecular flexibility index (Phi) is 5.43. The molecule has 0 aliphatic carbocycles. The van der Waals surface area contributed by atoms with Crippen molar-refractivity contribution in [3.05, 3.63) is 54.1 Å². The van der Waals surface area contributed by atoms with E-state index in [1.165, 1.54) is 5.56 Å². The van der Waals surface area contributed by atoms with Crippen molar-refractivity contribution in [2.24, 2.45) is 0 Å². The number of aromatic hydroxyl groups is 1. The molecular formula is C20H23NO4. The van der Waals surface area contributed by atoms with Crippen LogP contribution in [0.3, 0.4) is 0 Å². The third kappa shape index (κ3) is 4.44. The van der Waals surface area contributed by atoms with E-state index in [1.807, 2.05) is 29.2 Å². The molecule has 132 valence electrons. The van der Waals surface area contributed by atoms with Crippen molar-refractivity contribution in [1.82, 2.24) is 4.90 Å². The van der Waals surface area contributed by atoms with E-state index in [1.54, 1.807) is 31.4 Å². The predicted octanol–water partition coefficient (Wildman–Crippen LogP) is 3.19. The Morgan fingerprint density at radius 1 is 1.04 bits per heavy atom. The number of hydrogen-bond acceptors (Lipinski definition) is 4. The minimum Gasteiger partial charge on any atom is -0.508 e. The molecule has 1 aliphatic rings. The molecule has 3 rings (SSSR count). The lowest BCUT2D eigenvalue weighted by atomic mass is 9.89. The summed E-state index contributed by atoms with van der Waals surface area (Å²) in [6.07, 6.45) is 1.86. The van der Waals surface area contributed by atoms with E-state index in [0.29, 0.717) is 11.7 Å². The summed E-state index contributed by atoms with van der Waals surface area (Å²) in [5.74, 6) is 2.15. The Morgan fingerprint density at radius 2 is 1.64 bits per heavy atom. The Bertz CT molecular complexity index is 689. The molecule has 0 aromatic heterocycles. The van der Waals surface area contributed by atoms with Gasteiger partial charge in [0.15, 0.2) is 6.61 Å². The van der Waals surface area contributed by atoms with Gasteiger partial charge in [0.2, 0.25) is 0 Å². The molecule has 2 aromatic rings. The van der Waals surface area contributed by atoms with Crippen LogP contribution < -0.4 is 9.47 Å². The molecule has 1 fully saturated rings. The van der Waals surface area contributed by atoms with Crippen molar-refractivity contribution in [2.75, 3.05) is 26.8 Å². The van der Waals surface area contributed by atoms with Crippen LogP contribution in [0.5, 0.6) is 17.2 Å². The Morgan fingerprint density at radius 3 is 2.24 bits per heavy atom. The summed E-state index contributed by atoms with van der Waals surface area (Å²) in [4.78, 5) is 14.2. The summed E-state index contributed by atoms with van der Waals surface area (Å²) in [5, 5.41) is 9.38. The maximum absolute atomic E-state index is 12.3. The third-order valence-corrected chi connectivity index (χ3v) is 4.63. The minimum absolute atomic E-state index is 0.0139. The predicted molar refractivity (Wildman–Crippen MR) is 95.2 cm³/mol. The summed E-state index contributed by atoms with van der Waals surface area (Å²) in [7, 11) is 1.61. The zero-order valence-electron chi connectivity index (χ0n) is 14.4. The highest BCUT2D eigenvalue weighted by Gasteiger charge is 2.24. The molecule has 2 aromatic carbocycles. The van der Waals surface area contributed by atoms with Crippen LogP contribution in [0.2, 0.25) is 0 Å². The first-order valence-corrected chi connectivity index (χ1v) is 8.49. The van der Waals surface area contributed by atoms with Gasteiger partial charge in [0.25, 0.3) is 5.91 Å². The van der Waals surface area contributed by atoms with E-state index in [4.69, 9.17) is 9.47 Å². The maximum atomic E-state index is 12.3. The lowest BCUT2D eigenvalue weighted by molar-refractivity contribution is -0.134. The van der Waals surface area contributed by atoms with E-state index >= 15 is 0 Å². The molecule has 0 atom stereocenters. The van der Waals surface area contributed by atoms with Crippen LogP contribution in [0, 0.1) is 0 Å². The molecule has 0 bridgehead atoms. The average Bonchev–Trinajstić information content (AvgIpc) is 2.67. The summed E-state index contributed by atoms with van der Waals surface area (Å²) >= 11 is 0. The number of ether oxygens (including phenoxy) is 2. The number of methoxy groups -OCH3 is 1. The molecule has 1 amide bonds. The van der Waals surface area contributed by atoms with Crippen LogP contribution in [-0.2, 0) is 4.79 Å². The summed E-state index contributed by atoms with van der Waals surface area (Å²) in [6.45, 7) is 1.52. The lowest BCUT2D eigenvalue weighted by Gasteiger charge is -2.32. The molecule has 0 saturated carbocycles. The number of phenols is 1. The fourth-order valence-corrected chi connectivity index (χ4v) is 3.12. The average molecular weight is 341 g/mol. The van der Waals surface area contributed by atoms with E-state index < -0.39 is 0 Å². The summed E-state index contributed by atoms with van der Waals surface area (Å²) < 4.78 is 10.7. The molecule has 25 heavy (non-hydrogen) atoms. The molecule has 1 saturated heterocycles. The first-order valence-electron chi connectivity index (χ1n) is 8.49. The second kappa shape index (κ2) is 7.92. The van der Waals surface area contributed by atoms with Gasteiger partial charge in [0.05, 0.1) is 7.11 Å². The number of rotatable bonds is 5. The number of amides is 1. The van der Waals surface area contributed by atoms with Crippen molar-refractivity contribution in [3.8, 4) is 17.2 Å². The summed E-state index contributed by atoms with van der Waals surface area (Å²) in [5.41, 5.74) is 1.22. The number of carbonyl (C=O) groups excluding carboxylic acids is 1. The second-order valence-corrected chi connectivity index (χ2v) is 6.21. The standard InChI is InChI=1S/C20H23NO4/c1-24-18-6-8-19(9-7-18)25-14-20(23)21-12-10-16(11-13-21)15-2-4-17(22)5-3-15/h2-9,16,22H,10-14H2,1H3. The molecule has 1 N–H and O–H groups in total. The van der Waals surface area contributed by atoms with Gasteiger partial charge in [0.1, 0.15) is 17.2 Å². The molecule has 0 unspecified atom stereocenters. The summed E-state index contributed by atoms with van der Waals surface area (Å²) in [6, 6.07) is 14.6. The van der Waals surface area contributed by atoms with Crippen molar-refractivity contribution in [3.63, 3.8) is 0 Å². The van der Waals surface area contributed by atoms with Gasteiger partial charge in [-0.05, 0) is 60.7 Å². The molecule has 5 nitrogen and oxygen atoms in total. The van der Waals surface area contributed by atoms with Gasteiger partial charge in [-0.2, -0.15) is 0 Å². The van der Waals surface area contributed by atoms with Crippen LogP contribution in [0.1, 0.15) is 24.3 Å². The van der Waals surface area contributed by atoms with Crippen LogP contribution >= 0.6 is 0 Å². The third-order valence-electron chi connectivity index (χ3n) is 4.63. The molecule has 0 radical (unpaired) electrons. The zero-order valence-corrected chi connectivity index (χ0v) is 14.4. The van der Waals surface area contributed by atoms with Crippen LogP contribution in [0.4, 0.5) is 0 Å². The highest BCUT2D eigenvalue weighted by atomic mass is 16.5. The molecule has 0 spiro atoms. The fraction of sp³-hybridized carbons (Fsp3) is 0.350. The molecule has 5 heteroatoms. The molecule has 1 aliphatic heterocycles. The van der Waals surface area contributed by atoms with Gasteiger partial charge in [-0.3, -0.25) is 4.79 Å². The highest BCUT2D eigenvalue weighted by molar-refractivity contribution is 5.77. The quantitative estimate of drug-likeness (QED) is 0.907. The number of benzene rings is 2. The number of hydrogen-bond donors (Lipinski definition) is 1. The van der Waals surface area contributed by atoms with E-state index in [9.17, 15) is 9.90 Å². The first kappa shape index (κ1) is 17.1. The van der Waals surface area contributed by atoms with E-state index in [0.717, 1.165) is 31.7 Å². The SMILES string of the molecule is COc1ccc(OCC(=O)N2CCC(c3ccc(O)cc3)CC2)cc1. The van der Waals surface area contributed by atoms with Crippen molar-refractivity contribution in [1.29, 1.82) is 0 Å². The number of carbonyl (C=O) groups is 1. The normalized spacial score (nSPS) is 15.0. The van der Waals surface area contributed by atoms with Crippen molar-refractivity contribution in [2.45, 2.75) is 18.8 Å². The van der Waals surface area contributed by atoms with Gasteiger partial charge < -0.3 is 19.5 Å². The molecule has 1 heterocycles. The Hall–Kier alpha value is -2.69. The fourth-order valence-electron chi connectivity index (χ4n) is 3.12. The van der Waals surface area contributed by atoms with Gasteiger partial charge in [-0.25, -0.2) is 0 Å². The maximum Gasteiger partial charge on any atom is 0.260 e. The van der Waals surface area contributed by atoms with Gasteiger partial charge >= 0.3 is 0 Å². The zero-order chi connectivity index (χ0) is 17.6. The van der Waals surface area contributed by atoms with Gasteiger partial charge in [-0.1, -0.05) is 12.1 Å². The number of phenolic OH excluding ortho intramolecular Hbond substituents is 1. The van der Waals surface area contributed by atoms with E-state index in [2.05, 4.69) is 0 Å².